The van der Waals surface area contributed by atoms with E-state index in [4.69, 9.17) is 0 Å². The smallest absolute Gasteiger partial charge is 0.298 e. The zero-order chi connectivity index (χ0) is 10.5. The summed E-state index contributed by atoms with van der Waals surface area (Å²) in [7, 11) is 0. The number of carbonyl (C=O) groups excluding carboxylic acids is 1. The van der Waals surface area contributed by atoms with Gasteiger partial charge >= 0.3 is 0 Å². The van der Waals surface area contributed by atoms with Gasteiger partial charge in [0, 0.05) is 0 Å². The Morgan fingerprint density at radius 2 is 2.13 bits per heavy atom. The number of hydrogen-bond donors (Lipinski definition) is 0. The van der Waals surface area contributed by atoms with Crippen LogP contribution >= 0.6 is 0 Å². The second-order valence-electron chi connectivity index (χ2n) is 3.07. The molecule has 0 atom stereocenters. The van der Waals surface area contributed by atoms with Gasteiger partial charge in [-0.25, -0.2) is 0 Å². The maximum atomic E-state index is 10.1. The number of nitrogens with zero attached hydrogens (tertiary/aromatic N) is 2. The minimum Gasteiger partial charge on any atom is -0.425 e. The fourth-order valence-corrected chi connectivity index (χ4v) is 1.32. The van der Waals surface area contributed by atoms with Gasteiger partial charge in [-0.1, -0.05) is 30.3 Å². The molecule has 0 aliphatic rings. The SMILES string of the molecule is O=COc1cnn(Cc2ccccc2)c1. The van der Waals surface area contributed by atoms with E-state index >= 15 is 0 Å². The Balaban J connectivity index is 2.08. The van der Waals surface area contributed by atoms with Gasteiger partial charge in [0.05, 0.1) is 18.9 Å². The third-order valence-corrected chi connectivity index (χ3v) is 1.98. The Morgan fingerprint density at radius 3 is 2.87 bits per heavy atom. The van der Waals surface area contributed by atoms with Crippen LogP contribution in [0.25, 0.3) is 0 Å². The first kappa shape index (κ1) is 9.45. The zero-order valence-corrected chi connectivity index (χ0v) is 8.04. The second kappa shape index (κ2) is 4.41. The fourth-order valence-electron chi connectivity index (χ4n) is 1.32. The molecule has 4 nitrogen and oxygen atoms in total. The van der Waals surface area contributed by atoms with Crippen LogP contribution in [-0.2, 0) is 11.3 Å². The van der Waals surface area contributed by atoms with Gasteiger partial charge in [-0.2, -0.15) is 5.10 Å². The summed E-state index contributed by atoms with van der Waals surface area (Å²) in [6.45, 7) is 1.06. The summed E-state index contributed by atoms with van der Waals surface area (Å²) < 4.78 is 6.38. The molecule has 0 spiro atoms. The van der Waals surface area contributed by atoms with Gasteiger partial charge in [0.2, 0.25) is 0 Å². The van der Waals surface area contributed by atoms with Crippen LogP contribution < -0.4 is 4.74 Å². The molecule has 2 aromatic rings. The Hall–Kier alpha value is -2.10. The summed E-state index contributed by atoms with van der Waals surface area (Å²) in [5.74, 6) is 0.459. The average Bonchev–Trinajstić information content (AvgIpc) is 2.68. The first-order valence-electron chi connectivity index (χ1n) is 4.55. The minimum atomic E-state index is 0.393. The Bertz CT molecular complexity index is 437. The first-order chi connectivity index (χ1) is 7.38. The summed E-state index contributed by atoms with van der Waals surface area (Å²) in [5, 5.41) is 4.06. The normalized spacial score (nSPS) is 9.87. The molecular weight excluding hydrogens is 192 g/mol. The third kappa shape index (κ3) is 2.43. The molecule has 15 heavy (non-hydrogen) atoms. The highest BCUT2D eigenvalue weighted by atomic mass is 16.5. The summed E-state index contributed by atoms with van der Waals surface area (Å²) in [5.41, 5.74) is 1.15. The molecule has 1 heterocycles. The van der Waals surface area contributed by atoms with Crippen molar-refractivity contribution in [3.8, 4) is 5.75 Å². The van der Waals surface area contributed by atoms with Crippen LogP contribution in [0.4, 0.5) is 0 Å². The van der Waals surface area contributed by atoms with Crippen LogP contribution in [0.3, 0.4) is 0 Å². The van der Waals surface area contributed by atoms with Crippen LogP contribution in [0, 0.1) is 0 Å². The lowest BCUT2D eigenvalue weighted by Gasteiger charge is -2.00. The topological polar surface area (TPSA) is 44.1 Å². The van der Waals surface area contributed by atoms with Gasteiger partial charge in [0.25, 0.3) is 6.47 Å². The molecule has 2 rings (SSSR count). The molecule has 0 bridgehead atoms. The maximum Gasteiger partial charge on any atom is 0.298 e. The Morgan fingerprint density at radius 1 is 1.33 bits per heavy atom. The molecular formula is C11H10N2O2. The standard InChI is InChI=1S/C11H10N2O2/c14-9-15-11-6-12-13(8-11)7-10-4-2-1-3-5-10/h1-6,8-9H,7H2. The average molecular weight is 202 g/mol. The predicted octanol–water partition coefficient (Wildman–Crippen LogP) is 1.47. The van der Waals surface area contributed by atoms with E-state index in [2.05, 4.69) is 9.84 Å². The van der Waals surface area contributed by atoms with Crippen molar-refractivity contribution in [2.75, 3.05) is 0 Å². The van der Waals surface area contributed by atoms with E-state index in [1.165, 1.54) is 6.20 Å². The van der Waals surface area contributed by atoms with Crippen molar-refractivity contribution in [2.45, 2.75) is 6.54 Å². The molecule has 76 valence electrons. The maximum absolute atomic E-state index is 10.1. The first-order valence-corrected chi connectivity index (χ1v) is 4.55. The highest BCUT2D eigenvalue weighted by Crippen LogP contribution is 2.09. The fraction of sp³-hybridized carbons (Fsp3) is 0.0909. The molecule has 0 aliphatic carbocycles. The molecule has 1 aromatic heterocycles. The van der Waals surface area contributed by atoms with Crippen LogP contribution in [0.1, 0.15) is 5.56 Å². The van der Waals surface area contributed by atoms with Crippen LogP contribution in [0.15, 0.2) is 42.7 Å². The highest BCUT2D eigenvalue weighted by Gasteiger charge is 1.99. The molecule has 0 unspecified atom stereocenters. The predicted molar refractivity (Wildman–Crippen MR) is 54.5 cm³/mol. The van der Waals surface area contributed by atoms with Gasteiger partial charge in [0.15, 0.2) is 5.75 Å². The van der Waals surface area contributed by atoms with E-state index in [1.807, 2.05) is 30.3 Å². The molecule has 1 aromatic carbocycles. The van der Waals surface area contributed by atoms with Crippen molar-refractivity contribution in [1.82, 2.24) is 9.78 Å². The van der Waals surface area contributed by atoms with E-state index in [0.717, 1.165) is 5.56 Å². The van der Waals surface area contributed by atoms with Crippen LogP contribution in [0.5, 0.6) is 5.75 Å². The van der Waals surface area contributed by atoms with Crippen molar-refractivity contribution < 1.29 is 9.53 Å². The summed E-state index contributed by atoms with van der Waals surface area (Å²) in [4.78, 5) is 10.1. The van der Waals surface area contributed by atoms with E-state index in [1.54, 1.807) is 10.9 Å². The number of aromatic nitrogens is 2. The molecule has 4 heteroatoms. The second-order valence-corrected chi connectivity index (χ2v) is 3.07. The van der Waals surface area contributed by atoms with Gasteiger partial charge < -0.3 is 4.74 Å². The van der Waals surface area contributed by atoms with Crippen LogP contribution in [0.2, 0.25) is 0 Å². The third-order valence-electron chi connectivity index (χ3n) is 1.98. The van der Waals surface area contributed by atoms with Crippen LogP contribution in [-0.4, -0.2) is 16.3 Å². The lowest BCUT2D eigenvalue weighted by Crippen LogP contribution is -1.99. The lowest BCUT2D eigenvalue weighted by atomic mass is 10.2. The largest absolute Gasteiger partial charge is 0.425 e. The monoisotopic (exact) mass is 202 g/mol. The zero-order valence-electron chi connectivity index (χ0n) is 8.04. The molecule has 0 fully saturated rings. The minimum absolute atomic E-state index is 0.393. The van der Waals surface area contributed by atoms with Crippen molar-refractivity contribution >= 4 is 6.47 Å². The Labute approximate surface area is 87.1 Å². The highest BCUT2D eigenvalue weighted by molar-refractivity contribution is 5.43. The van der Waals surface area contributed by atoms with Gasteiger partial charge in [0.1, 0.15) is 0 Å². The molecule has 0 N–H and O–H groups in total. The number of benzene rings is 1. The van der Waals surface area contributed by atoms with Gasteiger partial charge in [-0.05, 0) is 5.56 Å². The van der Waals surface area contributed by atoms with Crippen molar-refractivity contribution in [1.29, 1.82) is 0 Å². The number of ether oxygens (including phenoxy) is 1. The molecule has 0 aliphatic heterocycles. The quantitative estimate of drug-likeness (QED) is 0.705. The van der Waals surface area contributed by atoms with Gasteiger partial charge in [-0.15, -0.1) is 0 Å². The van der Waals surface area contributed by atoms with Gasteiger partial charge in [-0.3, -0.25) is 9.48 Å². The number of hydrogen-bond acceptors (Lipinski definition) is 3. The summed E-state index contributed by atoms with van der Waals surface area (Å²) in [6.07, 6.45) is 3.19. The summed E-state index contributed by atoms with van der Waals surface area (Å²) >= 11 is 0. The van der Waals surface area contributed by atoms with Crippen molar-refractivity contribution in [3.63, 3.8) is 0 Å². The molecule has 0 amide bonds. The molecule has 0 radical (unpaired) electrons. The van der Waals surface area contributed by atoms with E-state index < -0.39 is 0 Å². The van der Waals surface area contributed by atoms with Crippen molar-refractivity contribution in [3.05, 3.63) is 48.3 Å². The number of rotatable bonds is 4. The van der Waals surface area contributed by atoms with E-state index in [-0.39, 0.29) is 0 Å². The molecule has 0 saturated heterocycles. The van der Waals surface area contributed by atoms with E-state index in [9.17, 15) is 4.79 Å². The lowest BCUT2D eigenvalue weighted by molar-refractivity contribution is -0.120. The Kier molecular flexibility index (Phi) is 2.78. The summed E-state index contributed by atoms with van der Waals surface area (Å²) in [6, 6.07) is 9.95. The van der Waals surface area contributed by atoms with Crippen molar-refractivity contribution in [2.24, 2.45) is 0 Å². The number of carbonyl (C=O) groups is 1. The molecule has 0 saturated carbocycles. The van der Waals surface area contributed by atoms with E-state index in [0.29, 0.717) is 18.8 Å².